The van der Waals surface area contributed by atoms with Gasteiger partial charge in [-0.25, -0.2) is 0 Å². The summed E-state index contributed by atoms with van der Waals surface area (Å²) < 4.78 is 0. The summed E-state index contributed by atoms with van der Waals surface area (Å²) in [6.45, 7) is 7.07. The van der Waals surface area contributed by atoms with Crippen molar-refractivity contribution < 1.29 is 4.79 Å². The van der Waals surface area contributed by atoms with Gasteiger partial charge in [-0.2, -0.15) is 0 Å². The summed E-state index contributed by atoms with van der Waals surface area (Å²) in [7, 11) is 0. The zero-order valence-electron chi connectivity index (χ0n) is 10.7. The van der Waals surface area contributed by atoms with Crippen LogP contribution < -0.4 is 5.73 Å². The van der Waals surface area contributed by atoms with Crippen molar-refractivity contribution in [2.24, 2.45) is 17.1 Å². The van der Waals surface area contributed by atoms with Gasteiger partial charge in [-0.15, -0.1) is 0 Å². The summed E-state index contributed by atoms with van der Waals surface area (Å²) in [6.07, 6.45) is 4.94. The highest BCUT2D eigenvalue weighted by atomic mass is 16.2. The number of nitrogens with two attached hydrogens (primary N) is 1. The minimum absolute atomic E-state index is 0.131. The summed E-state index contributed by atoms with van der Waals surface area (Å²) in [5.74, 6) is 0.929. The monoisotopic (exact) mass is 224 g/mol. The number of carbonyl (C=O) groups is 1. The Hall–Kier alpha value is -0.570. The van der Waals surface area contributed by atoms with E-state index in [9.17, 15) is 4.79 Å². The van der Waals surface area contributed by atoms with Gasteiger partial charge in [-0.3, -0.25) is 4.79 Å². The zero-order chi connectivity index (χ0) is 11.9. The largest absolute Gasteiger partial charge is 0.338 e. The molecule has 2 N–H and O–H groups in total. The van der Waals surface area contributed by atoms with Gasteiger partial charge in [0.1, 0.15) is 0 Å². The Bertz CT molecular complexity index is 274. The molecule has 0 spiro atoms. The predicted octanol–water partition coefficient (Wildman–Crippen LogP) is 1.76. The first-order chi connectivity index (χ1) is 7.39. The van der Waals surface area contributed by atoms with Crippen LogP contribution in [0.4, 0.5) is 0 Å². The van der Waals surface area contributed by atoms with Crippen LogP contribution in [0.5, 0.6) is 0 Å². The highest BCUT2D eigenvalue weighted by molar-refractivity contribution is 5.83. The van der Waals surface area contributed by atoms with Crippen LogP contribution in [0.1, 0.15) is 46.5 Å². The molecule has 1 amide bonds. The normalized spacial score (nSPS) is 23.0. The SMILES string of the molecule is CC(C)(C)C(N)C(=O)N(CC1CC1)C1CC1. The molecule has 2 saturated carbocycles. The molecule has 0 saturated heterocycles. The van der Waals surface area contributed by atoms with Gasteiger partial charge in [0.2, 0.25) is 5.91 Å². The van der Waals surface area contributed by atoms with E-state index < -0.39 is 0 Å². The van der Waals surface area contributed by atoms with Crippen molar-refractivity contribution in [2.75, 3.05) is 6.54 Å². The molecule has 1 atom stereocenters. The average Bonchev–Trinajstić information content (AvgIpc) is 2.99. The van der Waals surface area contributed by atoms with E-state index in [4.69, 9.17) is 5.73 Å². The topological polar surface area (TPSA) is 46.3 Å². The van der Waals surface area contributed by atoms with E-state index in [0.717, 1.165) is 12.5 Å². The van der Waals surface area contributed by atoms with Crippen LogP contribution in [0.2, 0.25) is 0 Å². The van der Waals surface area contributed by atoms with Gasteiger partial charge in [-0.1, -0.05) is 20.8 Å². The Morgan fingerprint density at radius 1 is 1.31 bits per heavy atom. The van der Waals surface area contributed by atoms with Crippen LogP contribution >= 0.6 is 0 Å². The van der Waals surface area contributed by atoms with E-state index in [0.29, 0.717) is 6.04 Å². The molecule has 2 rings (SSSR count). The molecule has 0 aromatic heterocycles. The number of hydrogen-bond donors (Lipinski definition) is 1. The summed E-state index contributed by atoms with van der Waals surface area (Å²) >= 11 is 0. The van der Waals surface area contributed by atoms with Crippen LogP contribution in [-0.2, 0) is 4.79 Å². The van der Waals surface area contributed by atoms with Gasteiger partial charge < -0.3 is 10.6 Å². The molecule has 3 heteroatoms. The molecule has 3 nitrogen and oxygen atoms in total. The van der Waals surface area contributed by atoms with Gasteiger partial charge >= 0.3 is 0 Å². The van der Waals surface area contributed by atoms with E-state index in [-0.39, 0.29) is 17.4 Å². The Balaban J connectivity index is 1.98. The van der Waals surface area contributed by atoms with Crippen LogP contribution in [0, 0.1) is 11.3 Å². The maximum atomic E-state index is 12.3. The lowest BCUT2D eigenvalue weighted by Gasteiger charge is -2.32. The third-order valence-electron chi connectivity index (χ3n) is 3.62. The van der Waals surface area contributed by atoms with Crippen molar-refractivity contribution in [2.45, 2.75) is 58.5 Å². The van der Waals surface area contributed by atoms with E-state index in [1.807, 2.05) is 20.8 Å². The molecular formula is C13H24N2O. The van der Waals surface area contributed by atoms with Gasteiger partial charge in [0, 0.05) is 12.6 Å². The molecule has 2 fully saturated rings. The first-order valence-electron chi connectivity index (χ1n) is 6.45. The predicted molar refractivity (Wildman–Crippen MR) is 64.9 cm³/mol. The van der Waals surface area contributed by atoms with Crippen LogP contribution in [0.15, 0.2) is 0 Å². The van der Waals surface area contributed by atoms with Crippen molar-refractivity contribution in [3.63, 3.8) is 0 Å². The minimum atomic E-state index is -0.355. The average molecular weight is 224 g/mol. The summed E-state index contributed by atoms with van der Waals surface area (Å²) in [4.78, 5) is 14.4. The molecule has 1 unspecified atom stereocenters. The fourth-order valence-corrected chi connectivity index (χ4v) is 1.93. The number of carbonyl (C=O) groups excluding carboxylic acids is 1. The van der Waals surface area contributed by atoms with E-state index in [1.54, 1.807) is 0 Å². The second-order valence-electron chi connectivity index (χ2n) is 6.51. The van der Waals surface area contributed by atoms with Crippen LogP contribution in [-0.4, -0.2) is 29.4 Å². The van der Waals surface area contributed by atoms with Crippen molar-refractivity contribution in [1.82, 2.24) is 4.90 Å². The highest BCUT2D eigenvalue weighted by Gasteiger charge is 2.40. The molecule has 2 aliphatic carbocycles. The Morgan fingerprint density at radius 2 is 1.88 bits per heavy atom. The van der Waals surface area contributed by atoms with Crippen molar-refractivity contribution in [1.29, 1.82) is 0 Å². The molecule has 92 valence electrons. The Labute approximate surface area is 98.4 Å². The van der Waals surface area contributed by atoms with Gasteiger partial charge in [0.15, 0.2) is 0 Å². The minimum Gasteiger partial charge on any atom is -0.338 e. The first-order valence-corrected chi connectivity index (χ1v) is 6.45. The van der Waals surface area contributed by atoms with E-state index in [2.05, 4.69) is 4.90 Å². The molecule has 0 aliphatic heterocycles. The molecule has 0 radical (unpaired) electrons. The van der Waals surface area contributed by atoms with Gasteiger partial charge in [0.05, 0.1) is 6.04 Å². The summed E-state index contributed by atoms with van der Waals surface area (Å²) in [6, 6.07) is 0.147. The second-order valence-corrected chi connectivity index (χ2v) is 6.51. The van der Waals surface area contributed by atoms with Gasteiger partial charge in [-0.05, 0) is 37.0 Å². The Morgan fingerprint density at radius 3 is 2.25 bits per heavy atom. The standard InChI is InChI=1S/C13H24N2O/c1-13(2,3)11(14)12(16)15(10-6-7-10)8-9-4-5-9/h9-11H,4-8,14H2,1-3H3. The molecule has 0 aromatic rings. The zero-order valence-corrected chi connectivity index (χ0v) is 10.7. The number of nitrogens with zero attached hydrogens (tertiary/aromatic N) is 1. The number of amides is 1. The molecule has 0 heterocycles. The number of hydrogen-bond acceptors (Lipinski definition) is 2. The van der Waals surface area contributed by atoms with Crippen LogP contribution in [0.3, 0.4) is 0 Å². The fraction of sp³-hybridized carbons (Fsp3) is 0.923. The Kier molecular flexibility index (Phi) is 2.99. The first kappa shape index (κ1) is 11.9. The number of rotatable bonds is 4. The van der Waals surface area contributed by atoms with Crippen molar-refractivity contribution in [3.05, 3.63) is 0 Å². The summed E-state index contributed by atoms with van der Waals surface area (Å²) in [5, 5.41) is 0. The molecule has 0 aromatic carbocycles. The lowest BCUT2D eigenvalue weighted by molar-refractivity contribution is -0.135. The van der Waals surface area contributed by atoms with Gasteiger partial charge in [0.25, 0.3) is 0 Å². The van der Waals surface area contributed by atoms with Crippen molar-refractivity contribution >= 4 is 5.91 Å². The fourth-order valence-electron chi connectivity index (χ4n) is 1.93. The van der Waals surface area contributed by atoms with Crippen LogP contribution in [0.25, 0.3) is 0 Å². The third-order valence-corrected chi connectivity index (χ3v) is 3.62. The van der Waals surface area contributed by atoms with E-state index in [1.165, 1.54) is 25.7 Å². The maximum Gasteiger partial charge on any atom is 0.240 e. The lowest BCUT2D eigenvalue weighted by atomic mass is 9.86. The lowest BCUT2D eigenvalue weighted by Crippen LogP contribution is -2.51. The van der Waals surface area contributed by atoms with Crippen molar-refractivity contribution in [3.8, 4) is 0 Å². The molecule has 0 bridgehead atoms. The quantitative estimate of drug-likeness (QED) is 0.791. The smallest absolute Gasteiger partial charge is 0.240 e. The molecule has 16 heavy (non-hydrogen) atoms. The third kappa shape index (κ3) is 2.76. The molecule has 2 aliphatic rings. The highest BCUT2D eigenvalue weighted by Crippen LogP contribution is 2.36. The van der Waals surface area contributed by atoms with E-state index >= 15 is 0 Å². The molecular weight excluding hydrogens is 200 g/mol. The summed E-state index contributed by atoms with van der Waals surface area (Å²) in [5.41, 5.74) is 5.93. The second kappa shape index (κ2) is 4.02. The maximum absolute atomic E-state index is 12.3.